The maximum absolute atomic E-state index is 13.1. The summed E-state index contributed by atoms with van der Waals surface area (Å²) in [5.74, 6) is 0.957. The van der Waals surface area contributed by atoms with Crippen LogP contribution in [0, 0.1) is 23.7 Å². The summed E-state index contributed by atoms with van der Waals surface area (Å²) in [4.78, 5) is 73.0. The second-order valence-electron chi connectivity index (χ2n) is 31.4. The first-order chi connectivity index (χ1) is 48.6. The van der Waals surface area contributed by atoms with Gasteiger partial charge in [-0.2, -0.15) is 0 Å². The molecule has 0 aromatic carbocycles. The van der Waals surface area contributed by atoms with Crippen LogP contribution in [-0.2, 0) is 65.4 Å². The largest absolute Gasteiger partial charge is 0.472 e. The lowest BCUT2D eigenvalue weighted by Gasteiger charge is -2.21. The summed E-state index contributed by atoms with van der Waals surface area (Å²) in [6, 6.07) is 0. The lowest BCUT2D eigenvalue weighted by molar-refractivity contribution is -0.161. The average Bonchev–Trinajstić information content (AvgIpc) is 1.04. The smallest absolute Gasteiger partial charge is 0.462 e. The molecule has 0 aliphatic rings. The number of ether oxygens (including phenoxy) is 4. The Balaban J connectivity index is 5.21. The number of hydrogen-bond donors (Lipinski definition) is 3. The SMILES string of the molecule is CC(C)CCCCCCCCCCCCCCCCCCC(=O)O[C@H](COC(=O)CCCCCCCCC(C)C)COP(=O)(O)OCC(O)COP(=O)(O)OC[C@@H](COC(=O)CCCCCCCCCCCCCCCCCC(C)C)OC(=O)CCCCCCCCCCCCCCC(C)C. The van der Waals surface area contributed by atoms with E-state index in [1.165, 1.54) is 218 Å². The van der Waals surface area contributed by atoms with Gasteiger partial charge in [-0.15, -0.1) is 0 Å². The number of esters is 4. The van der Waals surface area contributed by atoms with Gasteiger partial charge in [0.25, 0.3) is 0 Å². The monoisotopic (exact) mass is 1480 g/mol. The Morgan fingerprint density at radius 1 is 0.248 bits per heavy atom. The fourth-order valence-electron chi connectivity index (χ4n) is 12.6. The lowest BCUT2D eigenvalue weighted by atomic mass is 10.0. The molecule has 0 rings (SSSR count). The molecule has 0 heterocycles. The first-order valence-corrected chi connectivity index (χ1v) is 45.2. The molecule has 0 aliphatic carbocycles. The predicted molar refractivity (Wildman–Crippen MR) is 414 cm³/mol. The highest BCUT2D eigenvalue weighted by Crippen LogP contribution is 2.45. The van der Waals surface area contributed by atoms with Crippen molar-refractivity contribution in [3.63, 3.8) is 0 Å². The molecule has 0 fully saturated rings. The first-order valence-electron chi connectivity index (χ1n) is 42.2. The van der Waals surface area contributed by atoms with Crippen LogP contribution in [0.25, 0.3) is 0 Å². The zero-order valence-corrected chi connectivity index (χ0v) is 68.3. The van der Waals surface area contributed by atoms with Crippen LogP contribution >= 0.6 is 15.6 Å². The predicted octanol–water partition coefficient (Wildman–Crippen LogP) is 24.4. The van der Waals surface area contributed by atoms with Crippen LogP contribution in [0.4, 0.5) is 0 Å². The molecule has 17 nitrogen and oxygen atoms in total. The zero-order chi connectivity index (χ0) is 74.6. The van der Waals surface area contributed by atoms with Gasteiger partial charge in [0, 0.05) is 25.7 Å². The molecule has 0 aromatic heterocycles. The number of carbonyl (C=O) groups is 4. The highest BCUT2D eigenvalue weighted by atomic mass is 31.2. The summed E-state index contributed by atoms with van der Waals surface area (Å²) >= 11 is 0. The van der Waals surface area contributed by atoms with Gasteiger partial charge in [0.15, 0.2) is 12.2 Å². The molecule has 3 N–H and O–H groups in total. The van der Waals surface area contributed by atoms with E-state index in [0.29, 0.717) is 31.6 Å². The van der Waals surface area contributed by atoms with Crippen LogP contribution in [0.2, 0.25) is 0 Å². The Morgan fingerprint density at radius 2 is 0.416 bits per heavy atom. The Labute approximate surface area is 619 Å². The molecule has 101 heavy (non-hydrogen) atoms. The number of phosphoric ester groups is 2. The van der Waals surface area contributed by atoms with E-state index in [4.69, 9.17) is 37.0 Å². The number of aliphatic hydroxyl groups excluding tert-OH is 1. The molecule has 0 saturated carbocycles. The topological polar surface area (TPSA) is 237 Å². The Kier molecular flexibility index (Phi) is 69.6. The van der Waals surface area contributed by atoms with Gasteiger partial charge in [-0.25, -0.2) is 9.13 Å². The minimum Gasteiger partial charge on any atom is -0.462 e. The van der Waals surface area contributed by atoms with Crippen LogP contribution in [0.1, 0.15) is 421 Å². The third-order valence-corrected chi connectivity index (χ3v) is 21.0. The van der Waals surface area contributed by atoms with E-state index >= 15 is 0 Å². The number of hydrogen-bond acceptors (Lipinski definition) is 15. The molecular formula is C82H160O17P2. The maximum Gasteiger partial charge on any atom is 0.472 e. The van der Waals surface area contributed by atoms with Crippen molar-refractivity contribution in [2.24, 2.45) is 23.7 Å². The normalized spacial score (nSPS) is 14.0. The summed E-state index contributed by atoms with van der Waals surface area (Å²) in [6.45, 7) is 14.2. The van der Waals surface area contributed by atoms with Gasteiger partial charge in [0.05, 0.1) is 26.4 Å². The minimum atomic E-state index is -4.96. The van der Waals surface area contributed by atoms with E-state index in [9.17, 15) is 43.2 Å². The third kappa shape index (κ3) is 76.1. The second-order valence-corrected chi connectivity index (χ2v) is 34.3. The molecule has 0 aliphatic heterocycles. The molecule has 5 atom stereocenters. The molecule has 0 saturated heterocycles. The third-order valence-electron chi connectivity index (χ3n) is 19.1. The second kappa shape index (κ2) is 71.0. The summed E-state index contributed by atoms with van der Waals surface area (Å²) < 4.78 is 68.7. The molecule has 600 valence electrons. The number of aliphatic hydroxyl groups is 1. The van der Waals surface area contributed by atoms with Crippen molar-refractivity contribution in [1.29, 1.82) is 0 Å². The summed E-state index contributed by atoms with van der Waals surface area (Å²) in [6.07, 6.45) is 58.5. The molecule has 0 bridgehead atoms. The van der Waals surface area contributed by atoms with Crippen LogP contribution in [-0.4, -0.2) is 96.7 Å². The van der Waals surface area contributed by atoms with Crippen LogP contribution in [0.15, 0.2) is 0 Å². The van der Waals surface area contributed by atoms with Crippen LogP contribution in [0.5, 0.6) is 0 Å². The van der Waals surface area contributed by atoms with Gasteiger partial charge < -0.3 is 33.8 Å². The van der Waals surface area contributed by atoms with Crippen LogP contribution in [0.3, 0.4) is 0 Å². The first kappa shape index (κ1) is 99.1. The highest BCUT2D eigenvalue weighted by Gasteiger charge is 2.30. The van der Waals surface area contributed by atoms with Gasteiger partial charge in [-0.1, -0.05) is 370 Å². The molecule has 3 unspecified atom stereocenters. The van der Waals surface area contributed by atoms with Gasteiger partial charge in [-0.05, 0) is 49.4 Å². The number of carbonyl (C=O) groups excluding carboxylic acids is 4. The Hall–Kier alpha value is -1.94. The Bertz CT molecular complexity index is 1970. The van der Waals surface area contributed by atoms with E-state index in [-0.39, 0.29) is 25.7 Å². The van der Waals surface area contributed by atoms with Crippen molar-refractivity contribution >= 4 is 39.5 Å². The van der Waals surface area contributed by atoms with Crippen molar-refractivity contribution in [2.75, 3.05) is 39.6 Å². The standard InChI is InChI=1S/C82H160O17P2/c1-72(2)58-50-42-34-28-22-16-12-9-10-14-19-26-32-38-48-56-64-82(87)99-78(69-93-80(85)63-55-47-41-40-45-53-61-75(7)8)71-97-101(90,91)95-67-76(83)66-94-100(88,89)96-70-77(98-81(86)65-57-49-39-33-27-21-20-24-30-36-44-52-60-74(5)6)68-92-79(84)62-54-46-37-31-25-18-15-11-13-17-23-29-35-43-51-59-73(3)4/h72-78,83H,9-71H2,1-8H3,(H,88,89)(H,90,91)/t76?,77-,78-/m1/s1. The lowest BCUT2D eigenvalue weighted by Crippen LogP contribution is -2.30. The molecular weight excluding hydrogens is 1320 g/mol. The van der Waals surface area contributed by atoms with Gasteiger partial charge in [0.2, 0.25) is 0 Å². The van der Waals surface area contributed by atoms with Gasteiger partial charge in [-0.3, -0.25) is 37.3 Å². The van der Waals surface area contributed by atoms with E-state index in [2.05, 4.69) is 55.4 Å². The quantitative estimate of drug-likeness (QED) is 0.0222. The minimum absolute atomic E-state index is 0.107. The van der Waals surface area contributed by atoms with Crippen molar-refractivity contribution < 1.29 is 80.2 Å². The Morgan fingerprint density at radius 3 is 0.614 bits per heavy atom. The number of phosphoric acid groups is 2. The van der Waals surface area contributed by atoms with E-state index in [0.717, 1.165) is 114 Å². The highest BCUT2D eigenvalue weighted by molar-refractivity contribution is 7.47. The van der Waals surface area contributed by atoms with E-state index in [1.54, 1.807) is 0 Å². The van der Waals surface area contributed by atoms with Crippen molar-refractivity contribution in [1.82, 2.24) is 0 Å². The van der Waals surface area contributed by atoms with Crippen molar-refractivity contribution in [3.8, 4) is 0 Å². The molecule has 19 heteroatoms. The van der Waals surface area contributed by atoms with Crippen molar-refractivity contribution in [3.05, 3.63) is 0 Å². The molecule has 0 radical (unpaired) electrons. The number of unbranched alkanes of at least 4 members (excludes halogenated alkanes) is 45. The molecule has 0 spiro atoms. The van der Waals surface area contributed by atoms with Gasteiger partial charge >= 0.3 is 39.5 Å². The van der Waals surface area contributed by atoms with E-state index < -0.39 is 97.5 Å². The fourth-order valence-corrected chi connectivity index (χ4v) is 14.2. The van der Waals surface area contributed by atoms with Crippen molar-refractivity contribution in [2.45, 2.75) is 440 Å². The van der Waals surface area contributed by atoms with Crippen LogP contribution < -0.4 is 0 Å². The van der Waals surface area contributed by atoms with E-state index in [1.807, 2.05) is 0 Å². The zero-order valence-electron chi connectivity index (χ0n) is 66.5. The summed E-state index contributed by atoms with van der Waals surface area (Å²) in [7, 11) is -9.92. The molecule has 0 aromatic rings. The summed E-state index contributed by atoms with van der Waals surface area (Å²) in [5.41, 5.74) is 0. The molecule has 0 amide bonds. The fraction of sp³-hybridized carbons (Fsp3) is 0.951. The average molecular weight is 1480 g/mol. The number of rotatable bonds is 79. The maximum atomic E-state index is 13.1. The van der Waals surface area contributed by atoms with Gasteiger partial charge in [0.1, 0.15) is 19.3 Å². The summed E-state index contributed by atoms with van der Waals surface area (Å²) in [5, 5.41) is 10.6.